The maximum absolute atomic E-state index is 12.9. The summed E-state index contributed by atoms with van der Waals surface area (Å²) in [6.45, 7) is 3.25. The molecule has 2 atom stereocenters. The molecule has 2 aliphatic rings. The lowest BCUT2D eigenvalue weighted by Gasteiger charge is -2.44. The minimum atomic E-state index is -0.422. The third-order valence-electron chi connectivity index (χ3n) is 5.59. The van der Waals surface area contributed by atoms with Gasteiger partial charge in [-0.2, -0.15) is 0 Å². The molecule has 2 fully saturated rings. The Kier molecular flexibility index (Phi) is 4.55. The summed E-state index contributed by atoms with van der Waals surface area (Å²) in [6, 6.07) is 5.94. The average Bonchev–Trinajstić information content (AvgIpc) is 3.08. The summed E-state index contributed by atoms with van der Waals surface area (Å²) in [6.07, 6.45) is 9.06. The maximum atomic E-state index is 12.9. The van der Waals surface area contributed by atoms with E-state index in [0.29, 0.717) is 5.95 Å². The van der Waals surface area contributed by atoms with E-state index in [9.17, 15) is 4.79 Å². The fourth-order valence-corrected chi connectivity index (χ4v) is 4.49. The molecule has 1 N–H and O–H groups in total. The third kappa shape index (κ3) is 2.92. The van der Waals surface area contributed by atoms with E-state index in [1.54, 1.807) is 25.6 Å². The number of fused-ring (bicyclic) bond motifs is 1. The van der Waals surface area contributed by atoms with Crippen molar-refractivity contribution in [3.05, 3.63) is 48.5 Å². The first-order valence-corrected chi connectivity index (χ1v) is 9.10. The lowest BCUT2D eigenvalue weighted by molar-refractivity contribution is -0.131. The molecule has 0 aromatic carbocycles. The molecular formula is C19H24N6O. The summed E-state index contributed by atoms with van der Waals surface area (Å²) >= 11 is 0. The smallest absolute Gasteiger partial charge is 0.229 e. The van der Waals surface area contributed by atoms with Gasteiger partial charge in [0.2, 0.25) is 11.9 Å². The number of hydrogen-bond donors (Lipinski definition) is 1. The fraction of sp³-hybridized carbons (Fsp3) is 0.474. The zero-order valence-corrected chi connectivity index (χ0v) is 15.0. The van der Waals surface area contributed by atoms with Crippen molar-refractivity contribution in [1.29, 1.82) is 0 Å². The van der Waals surface area contributed by atoms with Crippen LogP contribution in [-0.2, 0) is 11.3 Å². The van der Waals surface area contributed by atoms with Crippen LogP contribution in [-0.4, -0.2) is 58.5 Å². The predicted molar refractivity (Wildman–Crippen MR) is 98.4 cm³/mol. The van der Waals surface area contributed by atoms with E-state index in [4.69, 9.17) is 0 Å². The van der Waals surface area contributed by atoms with Crippen molar-refractivity contribution in [2.24, 2.45) is 5.41 Å². The van der Waals surface area contributed by atoms with Crippen molar-refractivity contribution in [2.75, 3.05) is 31.6 Å². The molecule has 2 aliphatic heterocycles. The van der Waals surface area contributed by atoms with Crippen LogP contribution in [0.5, 0.6) is 0 Å². The molecule has 0 aliphatic carbocycles. The largest absolute Gasteiger partial charge is 0.359 e. The Morgan fingerprint density at radius 2 is 2.15 bits per heavy atom. The van der Waals surface area contributed by atoms with Crippen LogP contribution in [0.25, 0.3) is 0 Å². The van der Waals surface area contributed by atoms with Crippen LogP contribution in [0.2, 0.25) is 0 Å². The highest BCUT2D eigenvalue weighted by molar-refractivity contribution is 5.85. The molecule has 7 nitrogen and oxygen atoms in total. The topological polar surface area (TPSA) is 74.2 Å². The van der Waals surface area contributed by atoms with Crippen LogP contribution in [0.4, 0.5) is 5.95 Å². The lowest BCUT2D eigenvalue weighted by Crippen LogP contribution is -2.58. The van der Waals surface area contributed by atoms with Crippen LogP contribution >= 0.6 is 0 Å². The second kappa shape index (κ2) is 6.99. The Bertz CT molecular complexity index is 755. The molecule has 4 rings (SSSR count). The molecule has 26 heavy (non-hydrogen) atoms. The molecule has 0 unspecified atom stereocenters. The molecule has 0 spiro atoms. The number of nitrogens with one attached hydrogen (secondary N) is 1. The average molecular weight is 352 g/mol. The summed E-state index contributed by atoms with van der Waals surface area (Å²) in [5.74, 6) is 0.838. The summed E-state index contributed by atoms with van der Waals surface area (Å²) in [4.78, 5) is 30.6. The standard InChI is InChI=1S/C19H24N6O/c1-20-17(26)19-6-3-10-25(18-22-8-4-9-23-18)16(19)13-24(14-19)12-15-5-2-7-21-11-15/h2,4-5,7-9,11,16H,3,6,10,12-14H2,1H3,(H,20,26)/t16-,19-/m1/s1. The summed E-state index contributed by atoms with van der Waals surface area (Å²) in [5.41, 5.74) is 0.745. The minimum absolute atomic E-state index is 0.0790. The van der Waals surface area contributed by atoms with E-state index in [2.05, 4.69) is 36.1 Å². The van der Waals surface area contributed by atoms with Crippen LogP contribution in [0.15, 0.2) is 43.0 Å². The van der Waals surface area contributed by atoms with Crippen LogP contribution < -0.4 is 10.2 Å². The van der Waals surface area contributed by atoms with E-state index in [-0.39, 0.29) is 11.9 Å². The van der Waals surface area contributed by atoms with Gasteiger partial charge in [0.15, 0.2) is 0 Å². The Hall–Kier alpha value is -2.54. The predicted octanol–water partition coefficient (Wildman–Crippen LogP) is 1.09. The molecule has 136 valence electrons. The van der Waals surface area contributed by atoms with Gasteiger partial charge in [-0.15, -0.1) is 0 Å². The zero-order valence-electron chi connectivity index (χ0n) is 15.0. The van der Waals surface area contributed by atoms with Crippen LogP contribution in [0.1, 0.15) is 18.4 Å². The van der Waals surface area contributed by atoms with Gasteiger partial charge in [0.1, 0.15) is 0 Å². The van der Waals surface area contributed by atoms with Crippen molar-refractivity contribution < 1.29 is 4.79 Å². The zero-order chi connectivity index (χ0) is 18.0. The van der Waals surface area contributed by atoms with E-state index >= 15 is 0 Å². The highest BCUT2D eigenvalue weighted by Crippen LogP contribution is 2.43. The van der Waals surface area contributed by atoms with Gasteiger partial charge in [-0.3, -0.25) is 14.7 Å². The van der Waals surface area contributed by atoms with Crippen LogP contribution in [0, 0.1) is 5.41 Å². The van der Waals surface area contributed by atoms with Crippen molar-refractivity contribution in [1.82, 2.24) is 25.2 Å². The molecule has 7 heteroatoms. The number of amides is 1. The van der Waals surface area contributed by atoms with Gasteiger partial charge in [-0.25, -0.2) is 9.97 Å². The molecule has 0 saturated carbocycles. The van der Waals surface area contributed by atoms with Gasteiger partial charge in [0.25, 0.3) is 0 Å². The minimum Gasteiger partial charge on any atom is -0.359 e. The monoisotopic (exact) mass is 352 g/mol. The first kappa shape index (κ1) is 16.9. The van der Waals surface area contributed by atoms with Gasteiger partial charge >= 0.3 is 0 Å². The van der Waals surface area contributed by atoms with Crippen molar-refractivity contribution in [3.63, 3.8) is 0 Å². The number of hydrogen-bond acceptors (Lipinski definition) is 6. The molecule has 2 saturated heterocycles. The summed E-state index contributed by atoms with van der Waals surface area (Å²) < 4.78 is 0. The Balaban J connectivity index is 1.64. The van der Waals surface area contributed by atoms with E-state index in [1.807, 2.05) is 18.3 Å². The normalized spacial score (nSPS) is 25.7. The number of anilines is 1. The highest BCUT2D eigenvalue weighted by Gasteiger charge is 2.55. The Labute approximate surface area is 153 Å². The molecule has 1 amide bonds. The number of rotatable bonds is 4. The fourth-order valence-electron chi connectivity index (χ4n) is 4.49. The first-order valence-electron chi connectivity index (χ1n) is 9.10. The van der Waals surface area contributed by atoms with Gasteiger partial charge in [-0.1, -0.05) is 6.07 Å². The molecule has 4 heterocycles. The van der Waals surface area contributed by atoms with E-state index < -0.39 is 5.41 Å². The molecule has 0 bridgehead atoms. The van der Waals surface area contributed by atoms with Crippen molar-refractivity contribution in [3.8, 4) is 0 Å². The third-order valence-corrected chi connectivity index (χ3v) is 5.59. The van der Waals surface area contributed by atoms with Gasteiger partial charge in [0.05, 0.1) is 11.5 Å². The Morgan fingerprint density at radius 3 is 2.88 bits per heavy atom. The first-order chi connectivity index (χ1) is 12.7. The SMILES string of the molecule is CNC(=O)[C@@]12CCCN(c3ncccn3)[C@@H]1CN(Cc1cccnc1)C2. The lowest BCUT2D eigenvalue weighted by atomic mass is 9.74. The highest BCUT2D eigenvalue weighted by atomic mass is 16.2. The maximum Gasteiger partial charge on any atom is 0.229 e. The van der Waals surface area contributed by atoms with E-state index in [1.165, 1.54) is 5.56 Å². The van der Waals surface area contributed by atoms with Gasteiger partial charge in [-0.05, 0) is 30.5 Å². The van der Waals surface area contributed by atoms with Crippen molar-refractivity contribution in [2.45, 2.75) is 25.4 Å². The molecule has 2 aromatic heterocycles. The summed E-state index contributed by atoms with van der Waals surface area (Å²) in [7, 11) is 1.73. The van der Waals surface area contributed by atoms with Crippen LogP contribution in [0.3, 0.4) is 0 Å². The number of carbonyl (C=O) groups excluding carboxylic acids is 1. The second-order valence-corrected chi connectivity index (χ2v) is 7.13. The van der Waals surface area contributed by atoms with E-state index in [0.717, 1.165) is 39.0 Å². The number of pyridine rings is 1. The molecule has 2 aromatic rings. The number of aromatic nitrogens is 3. The van der Waals surface area contributed by atoms with Crippen molar-refractivity contribution >= 4 is 11.9 Å². The van der Waals surface area contributed by atoms with Gasteiger partial charge in [0, 0.05) is 58.0 Å². The molecular weight excluding hydrogens is 328 g/mol. The van der Waals surface area contributed by atoms with Gasteiger partial charge < -0.3 is 10.2 Å². The number of likely N-dealkylation sites (tertiary alicyclic amines) is 1. The molecule has 0 radical (unpaired) electrons. The number of piperidine rings is 1. The number of nitrogens with zero attached hydrogens (tertiary/aromatic N) is 5. The second-order valence-electron chi connectivity index (χ2n) is 7.13. The quantitative estimate of drug-likeness (QED) is 0.888. The number of carbonyl (C=O) groups is 1. The Morgan fingerprint density at radius 1 is 1.31 bits per heavy atom. The summed E-state index contributed by atoms with van der Waals surface area (Å²) in [5, 5.41) is 2.91.